The van der Waals surface area contributed by atoms with Crippen molar-refractivity contribution < 1.29 is 32.5 Å². The summed E-state index contributed by atoms with van der Waals surface area (Å²) in [5.74, 6) is 0.847. The number of carbonyl (C=O) groups excluding carboxylic acids is 1. The molecule has 9 nitrogen and oxygen atoms in total. The van der Waals surface area contributed by atoms with E-state index in [1.165, 1.54) is 24.5 Å². The minimum atomic E-state index is -4.50. The Hall–Kier alpha value is -3.87. The molecule has 1 aromatic heterocycles. The third-order valence-corrected chi connectivity index (χ3v) is 6.05. The van der Waals surface area contributed by atoms with Gasteiger partial charge in [0, 0.05) is 24.4 Å². The van der Waals surface area contributed by atoms with E-state index in [0.29, 0.717) is 41.4 Å². The maximum atomic E-state index is 13.0. The van der Waals surface area contributed by atoms with Gasteiger partial charge in [0.2, 0.25) is 5.91 Å². The molecule has 4 N–H and O–H groups in total. The molecule has 2 aromatic carbocycles. The van der Waals surface area contributed by atoms with Crippen LogP contribution in [0.5, 0.6) is 11.5 Å². The number of hydrogen-bond donors (Lipinski definition) is 4. The first kappa shape index (κ1) is 30.1. The van der Waals surface area contributed by atoms with Crippen LogP contribution in [0.25, 0.3) is 6.08 Å². The van der Waals surface area contributed by atoms with Crippen molar-refractivity contribution in [2.24, 2.45) is 0 Å². The molecule has 0 atom stereocenters. The van der Waals surface area contributed by atoms with Gasteiger partial charge in [-0.3, -0.25) is 4.79 Å². The van der Waals surface area contributed by atoms with Gasteiger partial charge in [0.1, 0.15) is 29.5 Å². The summed E-state index contributed by atoms with van der Waals surface area (Å²) >= 11 is 6.38. The number of anilines is 3. The molecule has 2 heterocycles. The first-order valence-corrected chi connectivity index (χ1v) is 13.1. The van der Waals surface area contributed by atoms with Gasteiger partial charge in [-0.2, -0.15) is 13.2 Å². The molecule has 0 fully saturated rings. The Balaban J connectivity index is 1.46. The van der Waals surface area contributed by atoms with Crippen LogP contribution in [0.3, 0.4) is 0 Å². The van der Waals surface area contributed by atoms with Crippen LogP contribution in [-0.4, -0.2) is 52.9 Å². The number of aromatic nitrogens is 2. The number of benzene rings is 2. The number of rotatable bonds is 10. The van der Waals surface area contributed by atoms with E-state index >= 15 is 0 Å². The molecular weight excluding hydrogens is 563 g/mol. The Labute approximate surface area is 239 Å². The van der Waals surface area contributed by atoms with Gasteiger partial charge in [-0.1, -0.05) is 17.7 Å². The second-order valence-electron chi connectivity index (χ2n) is 9.85. The predicted molar refractivity (Wildman–Crippen MR) is 149 cm³/mol. The molecule has 4 rings (SSSR count). The summed E-state index contributed by atoms with van der Waals surface area (Å²) in [6.07, 6.45) is -0.973. The molecule has 0 spiro atoms. The smallest absolute Gasteiger partial charge is 0.416 e. The lowest BCUT2D eigenvalue weighted by molar-refractivity contribution is -0.137. The fourth-order valence-corrected chi connectivity index (χ4v) is 4.07. The van der Waals surface area contributed by atoms with Gasteiger partial charge < -0.3 is 30.5 Å². The third kappa shape index (κ3) is 8.56. The second kappa shape index (κ2) is 12.8. The monoisotopic (exact) mass is 591 g/mol. The summed E-state index contributed by atoms with van der Waals surface area (Å²) < 4.78 is 50.1. The van der Waals surface area contributed by atoms with Crippen molar-refractivity contribution >= 4 is 40.9 Å². The van der Waals surface area contributed by atoms with Gasteiger partial charge in [-0.25, -0.2) is 9.97 Å². The molecule has 0 bridgehead atoms. The molecule has 0 aliphatic carbocycles. The Morgan fingerprint density at radius 1 is 1.17 bits per heavy atom. The van der Waals surface area contributed by atoms with Crippen molar-refractivity contribution in [3.63, 3.8) is 0 Å². The second-order valence-corrected chi connectivity index (χ2v) is 10.3. The van der Waals surface area contributed by atoms with Gasteiger partial charge in [0.15, 0.2) is 0 Å². The SMILES string of the molecule is CC(C)(O)COCCNC(=O)C1=Cc2c(ncnc2Nc2ccc(Oc3cccc(C(F)(F)F)c3)c(Cl)c2)NCC1. The predicted octanol–water partition coefficient (Wildman–Crippen LogP) is 5.79. The highest BCUT2D eigenvalue weighted by atomic mass is 35.5. The molecule has 218 valence electrons. The van der Waals surface area contributed by atoms with Gasteiger partial charge >= 0.3 is 6.18 Å². The fraction of sp³-hybridized carbons (Fsp3) is 0.321. The number of carbonyl (C=O) groups is 1. The molecule has 0 saturated carbocycles. The number of ether oxygens (including phenoxy) is 2. The Morgan fingerprint density at radius 2 is 1.98 bits per heavy atom. The molecule has 1 aliphatic rings. The summed E-state index contributed by atoms with van der Waals surface area (Å²) in [6.45, 7) is 4.43. The maximum Gasteiger partial charge on any atom is 0.416 e. The molecule has 1 amide bonds. The number of hydrogen-bond acceptors (Lipinski definition) is 8. The first-order valence-electron chi connectivity index (χ1n) is 12.7. The molecule has 3 aromatic rings. The van der Waals surface area contributed by atoms with Crippen LogP contribution in [0.15, 0.2) is 54.4 Å². The Kier molecular flexibility index (Phi) is 9.36. The van der Waals surface area contributed by atoms with Crippen LogP contribution >= 0.6 is 11.6 Å². The fourth-order valence-electron chi connectivity index (χ4n) is 3.85. The van der Waals surface area contributed by atoms with Gasteiger partial charge in [0.05, 0.1) is 35.0 Å². The number of amides is 1. The lowest BCUT2D eigenvalue weighted by atomic mass is 10.1. The average molecular weight is 592 g/mol. The third-order valence-electron chi connectivity index (χ3n) is 5.75. The van der Waals surface area contributed by atoms with Crippen LogP contribution in [0.2, 0.25) is 5.02 Å². The normalized spacial score (nSPS) is 13.4. The topological polar surface area (TPSA) is 118 Å². The van der Waals surface area contributed by atoms with E-state index < -0.39 is 17.3 Å². The highest BCUT2D eigenvalue weighted by molar-refractivity contribution is 6.32. The van der Waals surface area contributed by atoms with Gasteiger partial charge in [-0.05, 0) is 62.7 Å². The zero-order valence-electron chi connectivity index (χ0n) is 22.3. The molecule has 0 radical (unpaired) electrons. The van der Waals surface area contributed by atoms with Gasteiger partial charge in [-0.15, -0.1) is 0 Å². The van der Waals surface area contributed by atoms with E-state index in [1.54, 1.807) is 32.1 Å². The zero-order chi connectivity index (χ0) is 29.6. The van der Waals surface area contributed by atoms with Crippen molar-refractivity contribution in [3.8, 4) is 11.5 Å². The standard InChI is InChI=1S/C28H29ClF3N5O4/c1-27(2,39)15-40-11-10-34-26(38)17-8-9-33-24-21(12-17)25(36-16-35-24)37-19-6-7-23(22(29)14-19)41-20-5-3-4-18(13-20)28(30,31)32/h3-7,12-14,16,39H,8-11,15H2,1-2H3,(H,34,38)(H2,33,35,36,37). The summed E-state index contributed by atoms with van der Waals surface area (Å²) in [7, 11) is 0. The number of aliphatic hydroxyl groups is 1. The highest BCUT2D eigenvalue weighted by Crippen LogP contribution is 2.36. The Morgan fingerprint density at radius 3 is 2.71 bits per heavy atom. The lowest BCUT2D eigenvalue weighted by Crippen LogP contribution is -2.31. The van der Waals surface area contributed by atoms with Crippen LogP contribution in [0.4, 0.5) is 30.5 Å². The molecule has 1 aliphatic heterocycles. The average Bonchev–Trinajstić information content (AvgIpc) is 3.13. The number of nitrogens with one attached hydrogen (secondary N) is 3. The van der Waals surface area contributed by atoms with Crippen LogP contribution in [0.1, 0.15) is 31.4 Å². The zero-order valence-corrected chi connectivity index (χ0v) is 23.1. The molecule has 41 heavy (non-hydrogen) atoms. The number of nitrogens with zero attached hydrogens (tertiary/aromatic N) is 2. The summed E-state index contributed by atoms with van der Waals surface area (Å²) in [6, 6.07) is 9.23. The van der Waals surface area contributed by atoms with E-state index in [0.717, 1.165) is 12.1 Å². The quantitative estimate of drug-likeness (QED) is 0.219. The van der Waals surface area contributed by atoms with Crippen molar-refractivity contribution in [2.45, 2.75) is 32.0 Å². The van der Waals surface area contributed by atoms with Crippen molar-refractivity contribution in [1.82, 2.24) is 15.3 Å². The first-order chi connectivity index (χ1) is 19.4. The van der Waals surface area contributed by atoms with Crippen molar-refractivity contribution in [2.75, 3.05) is 36.9 Å². The van der Waals surface area contributed by atoms with E-state index in [2.05, 4.69) is 25.9 Å². The molecular formula is C28H29ClF3N5O4. The van der Waals surface area contributed by atoms with Gasteiger partial charge in [0.25, 0.3) is 0 Å². The number of halogens is 4. The minimum Gasteiger partial charge on any atom is -0.456 e. The number of fused-ring (bicyclic) bond motifs is 1. The summed E-state index contributed by atoms with van der Waals surface area (Å²) in [5, 5.41) is 19.0. The van der Waals surface area contributed by atoms with E-state index in [4.69, 9.17) is 21.1 Å². The van der Waals surface area contributed by atoms with E-state index in [9.17, 15) is 23.1 Å². The van der Waals surface area contributed by atoms with Crippen molar-refractivity contribution in [1.29, 1.82) is 0 Å². The van der Waals surface area contributed by atoms with E-state index in [-0.39, 0.29) is 42.2 Å². The minimum absolute atomic E-state index is 0.00521. The molecule has 0 saturated heterocycles. The van der Waals surface area contributed by atoms with Crippen LogP contribution < -0.4 is 20.7 Å². The molecule has 13 heteroatoms. The van der Waals surface area contributed by atoms with Crippen molar-refractivity contribution in [3.05, 3.63) is 70.5 Å². The van der Waals surface area contributed by atoms with Crippen LogP contribution in [0, 0.1) is 0 Å². The Bertz CT molecular complexity index is 1430. The highest BCUT2D eigenvalue weighted by Gasteiger charge is 2.30. The number of alkyl halides is 3. The van der Waals surface area contributed by atoms with Crippen LogP contribution in [-0.2, 0) is 15.7 Å². The lowest BCUT2D eigenvalue weighted by Gasteiger charge is -2.17. The maximum absolute atomic E-state index is 13.0. The largest absolute Gasteiger partial charge is 0.456 e. The van der Waals surface area contributed by atoms with E-state index in [1.807, 2.05) is 0 Å². The summed E-state index contributed by atoms with van der Waals surface area (Å²) in [4.78, 5) is 21.4. The molecule has 0 unspecified atom stereocenters. The summed E-state index contributed by atoms with van der Waals surface area (Å²) in [5.41, 5.74) is -0.178.